The number of nitrogens with two attached hydrogens (primary N) is 1. The second kappa shape index (κ2) is 4.19. The van der Waals surface area contributed by atoms with Gasteiger partial charge in [-0.3, -0.25) is 0 Å². The van der Waals surface area contributed by atoms with Crippen molar-refractivity contribution in [1.29, 1.82) is 0 Å². The maximum absolute atomic E-state index is 5.68. The summed E-state index contributed by atoms with van der Waals surface area (Å²) in [7, 11) is 0. The van der Waals surface area contributed by atoms with Crippen LogP contribution in [-0.4, -0.2) is 15.2 Å². The van der Waals surface area contributed by atoms with Crippen LogP contribution < -0.4 is 5.73 Å². The van der Waals surface area contributed by atoms with Gasteiger partial charge in [-0.1, -0.05) is 24.3 Å². The normalized spacial score (nSPS) is 12.8. The highest BCUT2D eigenvalue weighted by Gasteiger charge is 2.12. The van der Waals surface area contributed by atoms with Gasteiger partial charge in [-0.2, -0.15) is 0 Å². The fourth-order valence-electron chi connectivity index (χ4n) is 1.71. The maximum Gasteiger partial charge on any atom is 0.266 e. The van der Waals surface area contributed by atoms with Crippen molar-refractivity contribution in [2.45, 2.75) is 13.0 Å². The molecule has 2 N–H and O–H groups in total. The lowest BCUT2D eigenvalue weighted by Crippen LogP contribution is -2.04. The Morgan fingerprint density at radius 2 is 1.94 bits per heavy atom. The second-order valence-corrected chi connectivity index (χ2v) is 4.12. The SMILES string of the molecule is CC(N)c1nnc(-c2ccc3ccccc3n2)o1. The molecule has 2 aromatic heterocycles. The van der Waals surface area contributed by atoms with E-state index < -0.39 is 0 Å². The van der Waals surface area contributed by atoms with Crippen LogP contribution in [0.2, 0.25) is 0 Å². The van der Waals surface area contributed by atoms with Crippen LogP contribution >= 0.6 is 0 Å². The van der Waals surface area contributed by atoms with Crippen LogP contribution in [-0.2, 0) is 0 Å². The second-order valence-electron chi connectivity index (χ2n) is 4.12. The van der Waals surface area contributed by atoms with Crippen molar-refractivity contribution in [2.75, 3.05) is 0 Å². The highest BCUT2D eigenvalue weighted by atomic mass is 16.4. The average molecular weight is 240 g/mol. The number of pyridine rings is 1. The van der Waals surface area contributed by atoms with Gasteiger partial charge in [-0.15, -0.1) is 10.2 Å². The number of nitrogens with zero attached hydrogens (tertiary/aromatic N) is 3. The first-order valence-corrected chi connectivity index (χ1v) is 5.69. The predicted octanol–water partition coefficient (Wildman–Crippen LogP) is 2.30. The van der Waals surface area contributed by atoms with E-state index in [0.29, 0.717) is 17.5 Å². The van der Waals surface area contributed by atoms with E-state index in [4.69, 9.17) is 10.2 Å². The highest BCUT2D eigenvalue weighted by Crippen LogP contribution is 2.21. The van der Waals surface area contributed by atoms with E-state index in [9.17, 15) is 0 Å². The van der Waals surface area contributed by atoms with Gasteiger partial charge in [0.15, 0.2) is 0 Å². The summed E-state index contributed by atoms with van der Waals surface area (Å²) >= 11 is 0. The Bertz CT molecular complexity index is 690. The molecule has 0 spiro atoms. The Morgan fingerprint density at radius 1 is 1.11 bits per heavy atom. The Balaban J connectivity index is 2.07. The van der Waals surface area contributed by atoms with Crippen LogP contribution in [0, 0.1) is 0 Å². The van der Waals surface area contributed by atoms with Crippen LogP contribution in [0.4, 0.5) is 0 Å². The summed E-state index contributed by atoms with van der Waals surface area (Å²) in [5, 5.41) is 8.92. The minimum atomic E-state index is -0.272. The van der Waals surface area contributed by atoms with Crippen LogP contribution in [0.5, 0.6) is 0 Å². The van der Waals surface area contributed by atoms with Gasteiger partial charge < -0.3 is 10.2 Å². The fourth-order valence-corrected chi connectivity index (χ4v) is 1.71. The topological polar surface area (TPSA) is 77.8 Å². The molecule has 0 saturated heterocycles. The lowest BCUT2D eigenvalue weighted by molar-refractivity contribution is 0.472. The van der Waals surface area contributed by atoms with Crippen LogP contribution in [0.3, 0.4) is 0 Å². The van der Waals surface area contributed by atoms with E-state index in [1.165, 1.54) is 0 Å². The first kappa shape index (κ1) is 10.9. The first-order valence-electron chi connectivity index (χ1n) is 5.69. The largest absolute Gasteiger partial charge is 0.418 e. The molecule has 0 bridgehead atoms. The molecule has 0 fully saturated rings. The molecule has 0 aliphatic carbocycles. The lowest BCUT2D eigenvalue weighted by Gasteiger charge is -1.99. The van der Waals surface area contributed by atoms with E-state index >= 15 is 0 Å². The van der Waals surface area contributed by atoms with Gasteiger partial charge in [0.1, 0.15) is 5.69 Å². The van der Waals surface area contributed by atoms with Gasteiger partial charge in [0.2, 0.25) is 5.89 Å². The Labute approximate surface area is 104 Å². The van der Waals surface area contributed by atoms with Gasteiger partial charge >= 0.3 is 0 Å². The van der Waals surface area contributed by atoms with Crippen molar-refractivity contribution in [2.24, 2.45) is 5.73 Å². The highest BCUT2D eigenvalue weighted by molar-refractivity contribution is 5.80. The molecule has 0 aliphatic rings. The minimum absolute atomic E-state index is 0.272. The van der Waals surface area contributed by atoms with Crippen LogP contribution in [0.25, 0.3) is 22.5 Å². The summed E-state index contributed by atoms with van der Waals surface area (Å²) in [4.78, 5) is 4.48. The van der Waals surface area contributed by atoms with Gasteiger partial charge in [0.25, 0.3) is 5.89 Å². The number of fused-ring (bicyclic) bond motifs is 1. The summed E-state index contributed by atoms with van der Waals surface area (Å²) in [5.41, 5.74) is 7.24. The third-order valence-electron chi connectivity index (χ3n) is 2.65. The molecular formula is C13H12N4O. The number of rotatable bonds is 2. The number of para-hydroxylation sites is 1. The number of hydrogen-bond donors (Lipinski definition) is 1. The van der Waals surface area contributed by atoms with E-state index in [1.807, 2.05) is 36.4 Å². The first-order chi connectivity index (χ1) is 8.74. The average Bonchev–Trinajstić information content (AvgIpc) is 2.88. The van der Waals surface area contributed by atoms with E-state index in [0.717, 1.165) is 10.9 Å². The quantitative estimate of drug-likeness (QED) is 0.743. The van der Waals surface area contributed by atoms with Gasteiger partial charge in [-0.25, -0.2) is 4.98 Å². The minimum Gasteiger partial charge on any atom is -0.418 e. The molecule has 0 aliphatic heterocycles. The molecule has 1 aromatic carbocycles. The van der Waals surface area contributed by atoms with Gasteiger partial charge in [-0.05, 0) is 19.1 Å². The summed E-state index contributed by atoms with van der Waals surface area (Å²) in [6.07, 6.45) is 0. The molecule has 5 heteroatoms. The molecule has 18 heavy (non-hydrogen) atoms. The standard InChI is InChI=1S/C13H12N4O/c1-8(14)12-16-17-13(18-12)11-7-6-9-4-2-3-5-10(9)15-11/h2-8H,14H2,1H3. The molecule has 5 nitrogen and oxygen atoms in total. The van der Waals surface area contributed by atoms with E-state index in [-0.39, 0.29) is 6.04 Å². The van der Waals surface area contributed by atoms with Crippen LogP contribution in [0.15, 0.2) is 40.8 Å². The van der Waals surface area contributed by atoms with Crippen molar-refractivity contribution < 1.29 is 4.42 Å². The summed E-state index contributed by atoms with van der Waals surface area (Å²) in [6, 6.07) is 11.4. The fraction of sp³-hybridized carbons (Fsp3) is 0.154. The maximum atomic E-state index is 5.68. The van der Waals surface area contributed by atoms with Gasteiger partial charge in [0, 0.05) is 5.39 Å². The third-order valence-corrected chi connectivity index (χ3v) is 2.65. The molecule has 0 saturated carbocycles. The molecule has 0 amide bonds. The zero-order valence-corrected chi connectivity index (χ0v) is 9.87. The Hall–Kier alpha value is -2.27. The molecule has 90 valence electrons. The smallest absolute Gasteiger partial charge is 0.266 e. The van der Waals surface area contributed by atoms with Gasteiger partial charge in [0.05, 0.1) is 11.6 Å². The Morgan fingerprint density at radius 3 is 2.72 bits per heavy atom. The van der Waals surface area contributed by atoms with Crippen molar-refractivity contribution >= 4 is 10.9 Å². The molecule has 0 radical (unpaired) electrons. The van der Waals surface area contributed by atoms with E-state index in [1.54, 1.807) is 6.92 Å². The molecule has 1 unspecified atom stereocenters. The third kappa shape index (κ3) is 1.84. The summed E-state index contributed by atoms with van der Waals surface area (Å²) in [5.74, 6) is 0.813. The summed E-state index contributed by atoms with van der Waals surface area (Å²) < 4.78 is 5.47. The van der Waals surface area contributed by atoms with Crippen molar-refractivity contribution in [3.63, 3.8) is 0 Å². The lowest BCUT2D eigenvalue weighted by atomic mass is 10.2. The Kier molecular flexibility index (Phi) is 2.53. The van der Waals surface area contributed by atoms with Crippen molar-refractivity contribution in [3.05, 3.63) is 42.3 Å². The molecule has 3 aromatic rings. The van der Waals surface area contributed by atoms with Crippen molar-refractivity contribution in [1.82, 2.24) is 15.2 Å². The molecule has 1 atom stereocenters. The molecule has 3 rings (SSSR count). The summed E-state index contributed by atoms with van der Waals surface area (Å²) in [6.45, 7) is 1.80. The number of hydrogen-bond acceptors (Lipinski definition) is 5. The number of benzene rings is 1. The van der Waals surface area contributed by atoms with Crippen LogP contribution in [0.1, 0.15) is 18.9 Å². The predicted molar refractivity (Wildman–Crippen MR) is 67.6 cm³/mol. The molecule has 2 heterocycles. The molecular weight excluding hydrogens is 228 g/mol. The zero-order chi connectivity index (χ0) is 12.5. The number of aromatic nitrogens is 3. The zero-order valence-electron chi connectivity index (χ0n) is 9.87. The van der Waals surface area contributed by atoms with E-state index in [2.05, 4.69) is 15.2 Å². The van der Waals surface area contributed by atoms with Crippen molar-refractivity contribution in [3.8, 4) is 11.6 Å². The monoisotopic (exact) mass is 240 g/mol.